The number of benzene rings is 2. The van der Waals surface area contributed by atoms with E-state index in [4.69, 9.17) is 11.6 Å². The van der Waals surface area contributed by atoms with Crippen molar-refractivity contribution in [1.29, 1.82) is 0 Å². The van der Waals surface area contributed by atoms with E-state index < -0.39 is 15.8 Å². The second-order valence-corrected chi connectivity index (χ2v) is 9.14. The minimum atomic E-state index is -3.69. The number of nitrogens with zero attached hydrogens (tertiary/aromatic N) is 2. The smallest absolute Gasteiger partial charge is 0.240 e. The number of rotatable bonds is 7. The Labute approximate surface area is 171 Å². The van der Waals surface area contributed by atoms with E-state index in [1.807, 2.05) is 24.3 Å². The molecule has 28 heavy (non-hydrogen) atoms. The van der Waals surface area contributed by atoms with E-state index >= 15 is 0 Å². The molecule has 1 N–H and O–H groups in total. The summed E-state index contributed by atoms with van der Waals surface area (Å²) in [4.78, 5) is 4.65. The van der Waals surface area contributed by atoms with Crippen molar-refractivity contribution >= 4 is 27.3 Å². The number of nitrogens with one attached hydrogen (secondary N) is 1. The number of anilines is 1. The predicted octanol–water partition coefficient (Wildman–Crippen LogP) is 3.28. The second kappa shape index (κ2) is 9.22. The van der Waals surface area contributed by atoms with Gasteiger partial charge in [-0.2, -0.15) is 0 Å². The molecule has 1 heterocycles. The molecule has 0 amide bonds. The Kier molecular flexibility index (Phi) is 6.93. The van der Waals surface area contributed by atoms with Crippen LogP contribution in [-0.2, 0) is 10.0 Å². The summed E-state index contributed by atoms with van der Waals surface area (Å²) in [6.45, 7) is 6.52. The van der Waals surface area contributed by atoms with Gasteiger partial charge in [0.05, 0.1) is 4.90 Å². The maximum Gasteiger partial charge on any atom is 0.240 e. The van der Waals surface area contributed by atoms with Crippen LogP contribution in [-0.4, -0.2) is 52.6 Å². The number of aryl methyl sites for hydroxylation is 1. The van der Waals surface area contributed by atoms with Crippen molar-refractivity contribution in [1.82, 2.24) is 9.62 Å². The van der Waals surface area contributed by atoms with E-state index in [0.717, 1.165) is 43.8 Å². The third-order valence-electron chi connectivity index (χ3n) is 4.95. The van der Waals surface area contributed by atoms with E-state index in [1.165, 1.54) is 17.8 Å². The number of piperazine rings is 1. The molecule has 1 saturated heterocycles. The monoisotopic (exact) mass is 425 g/mol. The first kappa shape index (κ1) is 21.0. The van der Waals surface area contributed by atoms with E-state index in [0.29, 0.717) is 18.5 Å². The molecular formula is C20H25ClFN3O2S. The van der Waals surface area contributed by atoms with Crippen molar-refractivity contribution in [3.8, 4) is 0 Å². The zero-order chi connectivity index (χ0) is 20.1. The highest BCUT2D eigenvalue weighted by Crippen LogP contribution is 2.19. The van der Waals surface area contributed by atoms with Crippen LogP contribution in [0.25, 0.3) is 0 Å². The molecule has 0 aromatic heterocycles. The Morgan fingerprint density at radius 1 is 1.07 bits per heavy atom. The lowest BCUT2D eigenvalue weighted by molar-refractivity contribution is 0.255. The van der Waals surface area contributed by atoms with E-state index in [9.17, 15) is 12.8 Å². The summed E-state index contributed by atoms with van der Waals surface area (Å²) in [5, 5.41) is 0.735. The number of halogens is 2. The van der Waals surface area contributed by atoms with Crippen LogP contribution >= 0.6 is 11.6 Å². The van der Waals surface area contributed by atoms with Gasteiger partial charge in [0.2, 0.25) is 10.0 Å². The Morgan fingerprint density at radius 2 is 1.75 bits per heavy atom. The van der Waals surface area contributed by atoms with Crippen molar-refractivity contribution in [2.75, 3.05) is 44.2 Å². The van der Waals surface area contributed by atoms with Gasteiger partial charge in [-0.15, -0.1) is 0 Å². The second-order valence-electron chi connectivity index (χ2n) is 6.97. The molecule has 152 valence electrons. The molecule has 0 radical (unpaired) electrons. The largest absolute Gasteiger partial charge is 0.369 e. The third-order valence-corrected chi connectivity index (χ3v) is 6.80. The van der Waals surface area contributed by atoms with Gasteiger partial charge in [0.1, 0.15) is 5.82 Å². The molecule has 0 unspecified atom stereocenters. The third kappa shape index (κ3) is 5.44. The first-order valence-electron chi connectivity index (χ1n) is 9.34. The Balaban J connectivity index is 1.42. The zero-order valence-electron chi connectivity index (χ0n) is 15.9. The van der Waals surface area contributed by atoms with Crippen molar-refractivity contribution in [3.63, 3.8) is 0 Å². The summed E-state index contributed by atoms with van der Waals surface area (Å²) in [5.41, 5.74) is 1.70. The first-order valence-corrected chi connectivity index (χ1v) is 11.2. The summed E-state index contributed by atoms with van der Waals surface area (Å²) in [5.74, 6) is -0.551. The number of hydrogen-bond donors (Lipinski definition) is 1. The number of sulfonamides is 1. The average molecular weight is 426 g/mol. The normalized spacial score (nSPS) is 15.8. The fourth-order valence-corrected chi connectivity index (χ4v) is 4.79. The standard InChI is InChI=1S/C20H25ClFN3O2S/c1-16-3-6-18(22)15-20(16)28(26,27)23-9-2-10-24-11-13-25(14-12-24)19-7-4-17(21)5-8-19/h3-8,15,23H,2,9-14H2,1H3. The van der Waals surface area contributed by atoms with Crippen LogP contribution in [0.3, 0.4) is 0 Å². The SMILES string of the molecule is Cc1ccc(F)cc1S(=O)(=O)NCCCN1CCN(c2ccc(Cl)cc2)CC1. The molecule has 0 bridgehead atoms. The fourth-order valence-electron chi connectivity index (χ4n) is 3.33. The molecule has 0 saturated carbocycles. The fraction of sp³-hybridized carbons (Fsp3) is 0.400. The molecule has 8 heteroatoms. The summed E-state index contributed by atoms with van der Waals surface area (Å²) in [7, 11) is -3.69. The van der Waals surface area contributed by atoms with Crippen LogP contribution in [0.5, 0.6) is 0 Å². The van der Waals surface area contributed by atoms with Gasteiger partial charge in [0.25, 0.3) is 0 Å². The van der Waals surface area contributed by atoms with E-state index in [1.54, 1.807) is 6.92 Å². The topological polar surface area (TPSA) is 52.7 Å². The molecule has 1 aliphatic heterocycles. The molecule has 0 aliphatic carbocycles. The summed E-state index contributed by atoms with van der Waals surface area (Å²) in [6.07, 6.45) is 0.703. The van der Waals surface area contributed by atoms with Crippen LogP contribution in [0, 0.1) is 12.7 Å². The van der Waals surface area contributed by atoms with Crippen LogP contribution in [0.15, 0.2) is 47.4 Å². The zero-order valence-corrected chi connectivity index (χ0v) is 17.4. The lowest BCUT2D eigenvalue weighted by atomic mass is 10.2. The molecule has 3 rings (SSSR count). The van der Waals surface area contributed by atoms with E-state index in [-0.39, 0.29) is 4.90 Å². The minimum absolute atomic E-state index is 0.00378. The molecular weight excluding hydrogens is 401 g/mol. The van der Waals surface area contributed by atoms with Gasteiger partial charge in [-0.3, -0.25) is 4.90 Å². The quantitative estimate of drug-likeness (QED) is 0.692. The summed E-state index contributed by atoms with van der Waals surface area (Å²) in [6, 6.07) is 11.7. The predicted molar refractivity (Wildman–Crippen MR) is 111 cm³/mol. The first-order chi connectivity index (χ1) is 13.3. The van der Waals surface area contributed by atoms with Crippen LogP contribution in [0.1, 0.15) is 12.0 Å². The van der Waals surface area contributed by atoms with Gasteiger partial charge < -0.3 is 4.90 Å². The van der Waals surface area contributed by atoms with Gasteiger partial charge in [-0.25, -0.2) is 17.5 Å². The number of hydrogen-bond acceptors (Lipinski definition) is 4. The van der Waals surface area contributed by atoms with Crippen molar-refractivity contribution in [3.05, 3.63) is 58.9 Å². The molecule has 5 nitrogen and oxygen atoms in total. The molecule has 1 aliphatic rings. The van der Waals surface area contributed by atoms with Gasteiger partial charge in [0, 0.05) is 43.4 Å². The Hall–Kier alpha value is -1.67. The van der Waals surface area contributed by atoms with Gasteiger partial charge in [-0.05, 0) is 61.9 Å². The van der Waals surface area contributed by atoms with Crippen LogP contribution in [0.2, 0.25) is 5.02 Å². The highest BCUT2D eigenvalue weighted by Gasteiger charge is 2.19. The van der Waals surface area contributed by atoms with E-state index in [2.05, 4.69) is 14.5 Å². The van der Waals surface area contributed by atoms with Gasteiger partial charge in [0.15, 0.2) is 0 Å². The summed E-state index contributed by atoms with van der Waals surface area (Å²) >= 11 is 5.94. The van der Waals surface area contributed by atoms with Crippen molar-refractivity contribution in [2.24, 2.45) is 0 Å². The molecule has 1 fully saturated rings. The minimum Gasteiger partial charge on any atom is -0.369 e. The van der Waals surface area contributed by atoms with Crippen molar-refractivity contribution in [2.45, 2.75) is 18.2 Å². The van der Waals surface area contributed by atoms with Crippen LogP contribution in [0.4, 0.5) is 10.1 Å². The highest BCUT2D eigenvalue weighted by atomic mass is 35.5. The Bertz CT molecular complexity index is 898. The summed E-state index contributed by atoms with van der Waals surface area (Å²) < 4.78 is 40.7. The highest BCUT2D eigenvalue weighted by molar-refractivity contribution is 7.89. The maximum atomic E-state index is 13.4. The van der Waals surface area contributed by atoms with Crippen molar-refractivity contribution < 1.29 is 12.8 Å². The Morgan fingerprint density at radius 3 is 2.43 bits per heavy atom. The average Bonchev–Trinajstić information content (AvgIpc) is 2.68. The molecule has 2 aromatic rings. The van der Waals surface area contributed by atoms with Gasteiger partial charge in [-0.1, -0.05) is 17.7 Å². The molecule has 2 aromatic carbocycles. The van der Waals surface area contributed by atoms with Crippen LogP contribution < -0.4 is 9.62 Å². The molecule has 0 atom stereocenters. The molecule has 0 spiro atoms. The van der Waals surface area contributed by atoms with Gasteiger partial charge >= 0.3 is 0 Å². The lowest BCUT2D eigenvalue weighted by Gasteiger charge is -2.36. The lowest BCUT2D eigenvalue weighted by Crippen LogP contribution is -2.47. The maximum absolute atomic E-state index is 13.4.